The molecule has 22 heavy (non-hydrogen) atoms. The lowest BCUT2D eigenvalue weighted by molar-refractivity contribution is 1.45. The number of nitrogens with two attached hydrogens (primary N) is 1. The second kappa shape index (κ2) is 5.98. The molecule has 0 unspecified atom stereocenters. The Labute approximate surface area is 139 Å². The van der Waals surface area contributed by atoms with Crippen LogP contribution in [-0.2, 0) is 0 Å². The number of rotatable bonds is 2. The quantitative estimate of drug-likeness (QED) is 0.564. The standard InChI is InChI=1S/C20H18BrN/c1-13-3-7-15(8-4-13)19-17(21)11-12-18(22)20(19)16-9-5-14(2)6-10-16/h3-12H,22H2,1-2H3. The fourth-order valence-electron chi connectivity index (χ4n) is 2.63. The molecule has 0 fully saturated rings. The molecule has 0 spiro atoms. The molecule has 2 heteroatoms. The molecule has 3 aromatic carbocycles. The Morgan fingerprint density at radius 2 is 1.09 bits per heavy atom. The van der Waals surface area contributed by atoms with Crippen LogP contribution in [0.5, 0.6) is 0 Å². The molecule has 0 aliphatic carbocycles. The van der Waals surface area contributed by atoms with Crippen molar-refractivity contribution in [1.82, 2.24) is 0 Å². The first-order chi connectivity index (χ1) is 10.6. The average Bonchev–Trinajstić information content (AvgIpc) is 2.51. The predicted octanol–water partition coefficient (Wildman–Crippen LogP) is 5.98. The van der Waals surface area contributed by atoms with Gasteiger partial charge in [-0.2, -0.15) is 0 Å². The van der Waals surface area contributed by atoms with Crippen LogP contribution in [0, 0.1) is 13.8 Å². The summed E-state index contributed by atoms with van der Waals surface area (Å²) < 4.78 is 1.06. The minimum atomic E-state index is 0.794. The number of anilines is 1. The van der Waals surface area contributed by atoms with Crippen LogP contribution in [0.25, 0.3) is 22.3 Å². The van der Waals surface area contributed by atoms with Gasteiger partial charge in [-0.1, -0.05) is 75.6 Å². The zero-order valence-electron chi connectivity index (χ0n) is 12.7. The summed E-state index contributed by atoms with van der Waals surface area (Å²) in [6.07, 6.45) is 0. The molecule has 0 amide bonds. The molecule has 3 rings (SSSR count). The van der Waals surface area contributed by atoms with Crippen molar-refractivity contribution in [2.75, 3.05) is 5.73 Å². The molecule has 3 aromatic rings. The van der Waals surface area contributed by atoms with Crippen LogP contribution >= 0.6 is 15.9 Å². The molecule has 0 bridgehead atoms. The molecular formula is C20H18BrN. The lowest BCUT2D eigenvalue weighted by atomic mass is 9.92. The summed E-state index contributed by atoms with van der Waals surface area (Å²) in [4.78, 5) is 0. The van der Waals surface area contributed by atoms with Gasteiger partial charge in [0, 0.05) is 21.3 Å². The van der Waals surface area contributed by atoms with E-state index < -0.39 is 0 Å². The van der Waals surface area contributed by atoms with E-state index >= 15 is 0 Å². The number of aryl methyl sites for hydroxylation is 2. The molecule has 110 valence electrons. The molecule has 0 radical (unpaired) electrons. The molecule has 0 aliphatic heterocycles. The Morgan fingerprint density at radius 1 is 0.636 bits per heavy atom. The second-order valence-electron chi connectivity index (χ2n) is 5.62. The maximum atomic E-state index is 6.31. The Kier molecular flexibility index (Phi) is 4.04. The first kappa shape index (κ1) is 14.9. The summed E-state index contributed by atoms with van der Waals surface area (Å²) in [6, 6.07) is 21.0. The molecule has 0 saturated carbocycles. The van der Waals surface area contributed by atoms with Crippen LogP contribution in [0.15, 0.2) is 65.1 Å². The van der Waals surface area contributed by atoms with Crippen molar-refractivity contribution >= 4 is 21.6 Å². The van der Waals surface area contributed by atoms with Gasteiger partial charge in [0.25, 0.3) is 0 Å². The summed E-state index contributed by atoms with van der Waals surface area (Å²) in [5, 5.41) is 0. The van der Waals surface area contributed by atoms with Crippen molar-refractivity contribution < 1.29 is 0 Å². The fraction of sp³-hybridized carbons (Fsp3) is 0.100. The third-order valence-electron chi connectivity index (χ3n) is 3.87. The van der Waals surface area contributed by atoms with Gasteiger partial charge in [-0.15, -0.1) is 0 Å². The van der Waals surface area contributed by atoms with Gasteiger partial charge in [0.15, 0.2) is 0 Å². The highest BCUT2D eigenvalue weighted by Crippen LogP contribution is 2.41. The topological polar surface area (TPSA) is 26.0 Å². The van der Waals surface area contributed by atoms with E-state index in [1.807, 2.05) is 12.1 Å². The van der Waals surface area contributed by atoms with Gasteiger partial charge in [0.05, 0.1) is 0 Å². The number of halogens is 1. The highest BCUT2D eigenvalue weighted by Gasteiger charge is 2.14. The minimum Gasteiger partial charge on any atom is -0.398 e. The van der Waals surface area contributed by atoms with E-state index in [-0.39, 0.29) is 0 Å². The fourth-order valence-corrected chi connectivity index (χ4v) is 3.19. The predicted molar refractivity (Wildman–Crippen MR) is 98.9 cm³/mol. The lowest BCUT2D eigenvalue weighted by Crippen LogP contribution is -1.95. The number of hydrogen-bond donors (Lipinski definition) is 1. The molecule has 0 heterocycles. The Bertz CT molecular complexity index is 732. The van der Waals surface area contributed by atoms with Crippen LogP contribution < -0.4 is 5.73 Å². The largest absolute Gasteiger partial charge is 0.398 e. The third kappa shape index (κ3) is 2.79. The summed E-state index contributed by atoms with van der Waals surface area (Å²) in [6.45, 7) is 4.19. The number of benzene rings is 3. The lowest BCUT2D eigenvalue weighted by Gasteiger charge is -2.15. The average molecular weight is 352 g/mol. The maximum absolute atomic E-state index is 6.31. The second-order valence-corrected chi connectivity index (χ2v) is 6.47. The van der Waals surface area contributed by atoms with E-state index in [9.17, 15) is 0 Å². The first-order valence-corrected chi connectivity index (χ1v) is 8.07. The van der Waals surface area contributed by atoms with E-state index in [1.54, 1.807) is 0 Å². The van der Waals surface area contributed by atoms with Gasteiger partial charge in [0.1, 0.15) is 0 Å². The van der Waals surface area contributed by atoms with Crippen molar-refractivity contribution in [3.63, 3.8) is 0 Å². The summed E-state index contributed by atoms with van der Waals surface area (Å²) in [5.41, 5.74) is 14.1. The van der Waals surface area contributed by atoms with Gasteiger partial charge in [-0.05, 0) is 37.1 Å². The molecule has 1 nitrogen and oxygen atoms in total. The monoisotopic (exact) mass is 351 g/mol. The molecule has 2 N–H and O–H groups in total. The molecular weight excluding hydrogens is 334 g/mol. The van der Waals surface area contributed by atoms with Crippen LogP contribution in [0.3, 0.4) is 0 Å². The normalized spacial score (nSPS) is 10.7. The van der Waals surface area contributed by atoms with E-state index in [4.69, 9.17) is 5.73 Å². The Hall–Kier alpha value is -2.06. The van der Waals surface area contributed by atoms with Gasteiger partial charge >= 0.3 is 0 Å². The number of nitrogen functional groups attached to an aromatic ring is 1. The SMILES string of the molecule is Cc1ccc(-c2c(N)ccc(Br)c2-c2ccc(C)cc2)cc1. The highest BCUT2D eigenvalue weighted by atomic mass is 79.9. The zero-order chi connectivity index (χ0) is 15.7. The van der Waals surface area contributed by atoms with E-state index in [0.29, 0.717) is 0 Å². The summed E-state index contributed by atoms with van der Waals surface area (Å²) in [7, 11) is 0. The van der Waals surface area contributed by atoms with Crippen molar-refractivity contribution in [3.8, 4) is 22.3 Å². The molecule has 0 saturated heterocycles. The van der Waals surface area contributed by atoms with Gasteiger partial charge < -0.3 is 5.73 Å². The van der Waals surface area contributed by atoms with Gasteiger partial charge in [-0.3, -0.25) is 0 Å². The van der Waals surface area contributed by atoms with E-state index in [1.165, 1.54) is 16.7 Å². The first-order valence-electron chi connectivity index (χ1n) is 7.28. The maximum Gasteiger partial charge on any atom is 0.0400 e. The summed E-state index contributed by atoms with van der Waals surface area (Å²) >= 11 is 3.69. The Balaban J connectivity index is 2.27. The van der Waals surface area contributed by atoms with Gasteiger partial charge in [-0.25, -0.2) is 0 Å². The van der Waals surface area contributed by atoms with Crippen LogP contribution in [-0.4, -0.2) is 0 Å². The van der Waals surface area contributed by atoms with Crippen LogP contribution in [0.2, 0.25) is 0 Å². The third-order valence-corrected chi connectivity index (χ3v) is 4.53. The summed E-state index contributed by atoms with van der Waals surface area (Å²) in [5.74, 6) is 0. The highest BCUT2D eigenvalue weighted by molar-refractivity contribution is 9.10. The van der Waals surface area contributed by atoms with E-state index in [0.717, 1.165) is 26.9 Å². The van der Waals surface area contributed by atoms with Crippen LogP contribution in [0.1, 0.15) is 11.1 Å². The molecule has 0 aromatic heterocycles. The zero-order valence-corrected chi connectivity index (χ0v) is 14.3. The van der Waals surface area contributed by atoms with Crippen LogP contribution in [0.4, 0.5) is 5.69 Å². The minimum absolute atomic E-state index is 0.794. The van der Waals surface area contributed by atoms with Crippen molar-refractivity contribution in [2.24, 2.45) is 0 Å². The van der Waals surface area contributed by atoms with Crippen molar-refractivity contribution in [1.29, 1.82) is 0 Å². The number of hydrogen-bond acceptors (Lipinski definition) is 1. The van der Waals surface area contributed by atoms with E-state index in [2.05, 4.69) is 78.3 Å². The Morgan fingerprint density at radius 3 is 1.59 bits per heavy atom. The van der Waals surface area contributed by atoms with Gasteiger partial charge in [0.2, 0.25) is 0 Å². The molecule has 0 atom stereocenters. The van der Waals surface area contributed by atoms with Crippen molar-refractivity contribution in [3.05, 3.63) is 76.3 Å². The van der Waals surface area contributed by atoms with Crippen molar-refractivity contribution in [2.45, 2.75) is 13.8 Å². The smallest absolute Gasteiger partial charge is 0.0400 e. The molecule has 0 aliphatic rings.